The Balaban J connectivity index is 4.50. The molecule has 0 saturated heterocycles. The first-order valence-corrected chi connectivity index (χ1v) is 22.4. The van der Waals surface area contributed by atoms with Gasteiger partial charge < -0.3 is 14.2 Å². The van der Waals surface area contributed by atoms with Crippen LogP contribution in [0.25, 0.3) is 0 Å². The van der Waals surface area contributed by atoms with Crippen LogP contribution in [0.15, 0.2) is 72.9 Å². The smallest absolute Gasteiger partial charge is 0.306 e. The highest BCUT2D eigenvalue weighted by atomic mass is 16.6. The van der Waals surface area contributed by atoms with Gasteiger partial charge in [0.2, 0.25) is 0 Å². The van der Waals surface area contributed by atoms with Crippen molar-refractivity contribution in [3.63, 3.8) is 0 Å². The van der Waals surface area contributed by atoms with Crippen molar-refractivity contribution in [2.24, 2.45) is 0 Å². The highest BCUT2D eigenvalue weighted by Gasteiger charge is 2.19. The average Bonchev–Trinajstić information content (AvgIpc) is 3.18. The highest BCUT2D eigenvalue weighted by molar-refractivity contribution is 5.71. The lowest BCUT2D eigenvalue weighted by atomic mass is 10.1. The number of ether oxygens (including phenoxy) is 3. The number of carbonyl (C=O) groups excluding carboxylic acids is 3. The van der Waals surface area contributed by atoms with Crippen LogP contribution in [0.4, 0.5) is 0 Å². The lowest BCUT2D eigenvalue weighted by Crippen LogP contribution is -2.30. The predicted octanol–water partition coefficient (Wildman–Crippen LogP) is 14.3. The van der Waals surface area contributed by atoms with Gasteiger partial charge in [0, 0.05) is 19.3 Å². The fourth-order valence-electron chi connectivity index (χ4n) is 5.82. The van der Waals surface area contributed by atoms with E-state index in [0.717, 1.165) is 89.9 Å². The third kappa shape index (κ3) is 41.8. The maximum atomic E-state index is 12.7. The minimum atomic E-state index is -0.814. The second-order valence-electron chi connectivity index (χ2n) is 14.6. The first kappa shape index (κ1) is 51.9. The van der Waals surface area contributed by atoms with Crippen molar-refractivity contribution in [2.75, 3.05) is 13.2 Å². The molecule has 0 aromatic carbocycles. The molecule has 0 bridgehead atoms. The van der Waals surface area contributed by atoms with Crippen LogP contribution < -0.4 is 0 Å². The molecule has 0 rings (SSSR count). The van der Waals surface area contributed by atoms with Gasteiger partial charge in [-0.05, 0) is 70.6 Å². The van der Waals surface area contributed by atoms with Gasteiger partial charge in [-0.3, -0.25) is 14.4 Å². The monoisotopic (exact) mass is 767 g/mol. The highest BCUT2D eigenvalue weighted by Crippen LogP contribution is 2.13. The van der Waals surface area contributed by atoms with E-state index < -0.39 is 12.1 Å². The fourth-order valence-corrected chi connectivity index (χ4v) is 5.82. The number of unbranched alkanes of at least 4 members (excludes halogenated alkanes) is 16. The van der Waals surface area contributed by atoms with Gasteiger partial charge in [-0.15, -0.1) is 0 Å². The molecule has 1 atom stereocenters. The van der Waals surface area contributed by atoms with Crippen molar-refractivity contribution in [3.05, 3.63) is 72.9 Å². The minimum Gasteiger partial charge on any atom is -0.462 e. The molecule has 0 saturated carbocycles. The summed E-state index contributed by atoms with van der Waals surface area (Å²) in [5.74, 6) is -1.01. The Morgan fingerprint density at radius 1 is 0.382 bits per heavy atom. The molecular formula is C49H82O6. The standard InChI is InChI=1S/C49H82O6/c1-4-7-10-13-16-19-22-24-26-27-30-33-36-39-42-48(51)54-45-46(44-53-47(50)41-38-35-32-29-21-18-15-12-9-6-3)55-49(52)43-40-37-34-31-28-25-23-20-17-14-11-8-5-2/h8,11,13,16-17,20,22,24-25,28,34,37,46H,4-7,9-10,12,14-15,18-19,21,23,26-27,29-33,35-36,38-45H2,1-3H3/b11-8-,16-13-,20-17-,24-22-,28-25-,37-34-. The molecule has 0 N–H and O–H groups in total. The van der Waals surface area contributed by atoms with Gasteiger partial charge in [0.1, 0.15) is 13.2 Å². The summed E-state index contributed by atoms with van der Waals surface area (Å²) in [4.78, 5) is 37.6. The Kier molecular flexibility index (Phi) is 41.1. The second-order valence-corrected chi connectivity index (χ2v) is 14.6. The Morgan fingerprint density at radius 2 is 0.764 bits per heavy atom. The van der Waals surface area contributed by atoms with Crippen molar-refractivity contribution in [2.45, 2.75) is 207 Å². The van der Waals surface area contributed by atoms with Crippen LogP contribution in [0.5, 0.6) is 0 Å². The Labute approximate surface area is 338 Å². The van der Waals surface area contributed by atoms with Crippen molar-refractivity contribution in [1.82, 2.24) is 0 Å². The van der Waals surface area contributed by atoms with Crippen molar-refractivity contribution in [3.8, 4) is 0 Å². The summed E-state index contributed by atoms with van der Waals surface area (Å²) in [7, 11) is 0. The van der Waals surface area contributed by atoms with E-state index >= 15 is 0 Å². The van der Waals surface area contributed by atoms with Gasteiger partial charge >= 0.3 is 17.9 Å². The third-order valence-electron chi connectivity index (χ3n) is 9.21. The van der Waals surface area contributed by atoms with E-state index in [1.54, 1.807) is 0 Å². The molecule has 0 aliphatic carbocycles. The normalized spacial score (nSPS) is 12.7. The van der Waals surface area contributed by atoms with Crippen LogP contribution in [-0.4, -0.2) is 37.2 Å². The summed E-state index contributed by atoms with van der Waals surface area (Å²) in [5, 5.41) is 0. The molecule has 0 aromatic heterocycles. The fraction of sp³-hybridized carbons (Fsp3) is 0.694. The van der Waals surface area contributed by atoms with Gasteiger partial charge in [0.05, 0.1) is 0 Å². The lowest BCUT2D eigenvalue weighted by molar-refractivity contribution is -0.166. The van der Waals surface area contributed by atoms with Crippen LogP contribution in [-0.2, 0) is 28.6 Å². The molecule has 0 fully saturated rings. The first-order chi connectivity index (χ1) is 27.0. The predicted molar refractivity (Wildman–Crippen MR) is 233 cm³/mol. The summed E-state index contributed by atoms with van der Waals surface area (Å²) in [6.45, 7) is 6.37. The van der Waals surface area contributed by atoms with Crippen LogP contribution >= 0.6 is 0 Å². The maximum absolute atomic E-state index is 12.7. The Hall–Kier alpha value is -3.15. The first-order valence-electron chi connectivity index (χ1n) is 22.4. The number of hydrogen-bond acceptors (Lipinski definition) is 6. The van der Waals surface area contributed by atoms with Crippen molar-refractivity contribution in [1.29, 1.82) is 0 Å². The van der Waals surface area contributed by atoms with E-state index in [1.807, 2.05) is 12.2 Å². The Bertz CT molecular complexity index is 1070. The van der Waals surface area contributed by atoms with E-state index in [1.165, 1.54) is 64.2 Å². The minimum absolute atomic E-state index is 0.108. The van der Waals surface area contributed by atoms with Gasteiger partial charge in [-0.2, -0.15) is 0 Å². The molecule has 0 radical (unpaired) electrons. The molecule has 0 aromatic rings. The Morgan fingerprint density at radius 3 is 1.24 bits per heavy atom. The van der Waals surface area contributed by atoms with E-state index in [0.29, 0.717) is 19.3 Å². The number of allylic oxidation sites excluding steroid dienone is 12. The summed E-state index contributed by atoms with van der Waals surface area (Å²) in [5.41, 5.74) is 0. The lowest BCUT2D eigenvalue weighted by Gasteiger charge is -2.18. The van der Waals surface area contributed by atoms with Crippen molar-refractivity contribution >= 4 is 17.9 Å². The van der Waals surface area contributed by atoms with Crippen molar-refractivity contribution < 1.29 is 28.6 Å². The molecule has 314 valence electrons. The average molecular weight is 767 g/mol. The molecule has 55 heavy (non-hydrogen) atoms. The molecular weight excluding hydrogens is 685 g/mol. The SMILES string of the molecule is CC/C=C\C/C=C\C/C=C\C/C=C\CCC(=O)OC(COC(=O)CCCCCCC/C=C\C/C=C\CCCC)COC(=O)CCCCCCCCCCCC. The molecule has 0 aliphatic heterocycles. The number of carbonyl (C=O) groups is 3. The number of hydrogen-bond donors (Lipinski definition) is 0. The molecule has 6 heteroatoms. The van der Waals surface area contributed by atoms with Crippen LogP contribution in [0.3, 0.4) is 0 Å². The molecule has 0 amide bonds. The van der Waals surface area contributed by atoms with Gasteiger partial charge in [-0.1, -0.05) is 184 Å². The van der Waals surface area contributed by atoms with Crippen LogP contribution in [0.2, 0.25) is 0 Å². The summed E-state index contributed by atoms with van der Waals surface area (Å²) < 4.78 is 16.6. The molecule has 1 unspecified atom stereocenters. The summed E-state index contributed by atoms with van der Waals surface area (Å²) >= 11 is 0. The van der Waals surface area contributed by atoms with E-state index in [4.69, 9.17) is 14.2 Å². The van der Waals surface area contributed by atoms with Gasteiger partial charge in [0.15, 0.2) is 6.10 Å². The zero-order valence-corrected chi connectivity index (χ0v) is 35.7. The van der Waals surface area contributed by atoms with Gasteiger partial charge in [-0.25, -0.2) is 0 Å². The molecule has 0 aliphatic rings. The summed E-state index contributed by atoms with van der Waals surface area (Å²) in [6.07, 6.45) is 53.2. The van der Waals surface area contributed by atoms with E-state index in [9.17, 15) is 14.4 Å². The number of esters is 3. The second kappa shape index (κ2) is 43.6. The topological polar surface area (TPSA) is 78.9 Å². The van der Waals surface area contributed by atoms with Gasteiger partial charge in [0.25, 0.3) is 0 Å². The van der Waals surface area contributed by atoms with Crippen LogP contribution in [0.1, 0.15) is 201 Å². The largest absolute Gasteiger partial charge is 0.462 e. The molecule has 0 spiro atoms. The van der Waals surface area contributed by atoms with E-state index in [2.05, 4.69) is 81.5 Å². The molecule has 6 nitrogen and oxygen atoms in total. The number of rotatable bonds is 39. The van der Waals surface area contributed by atoms with E-state index in [-0.39, 0.29) is 31.6 Å². The zero-order chi connectivity index (χ0) is 40.1. The zero-order valence-electron chi connectivity index (χ0n) is 35.7. The molecule has 0 heterocycles. The quantitative estimate of drug-likeness (QED) is 0.0268. The maximum Gasteiger partial charge on any atom is 0.306 e. The summed E-state index contributed by atoms with van der Waals surface area (Å²) in [6, 6.07) is 0. The third-order valence-corrected chi connectivity index (χ3v) is 9.21. The van der Waals surface area contributed by atoms with Crippen LogP contribution in [0, 0.1) is 0 Å².